The number of thioether (sulfide) groups is 1. The van der Waals surface area contributed by atoms with Gasteiger partial charge in [-0.2, -0.15) is 11.8 Å². The van der Waals surface area contributed by atoms with Crippen molar-refractivity contribution in [2.24, 2.45) is 0 Å². The molecule has 0 amide bonds. The molecule has 0 fully saturated rings. The van der Waals surface area contributed by atoms with Crippen LogP contribution in [0.25, 0.3) is 11.3 Å². The molecule has 1 N–H and O–H groups in total. The molecule has 0 spiro atoms. The molecule has 1 heterocycles. The Labute approximate surface area is 132 Å². The van der Waals surface area contributed by atoms with Gasteiger partial charge in [-0.1, -0.05) is 31.2 Å². The van der Waals surface area contributed by atoms with Crippen LogP contribution >= 0.6 is 11.8 Å². The number of aromatic nitrogens is 1. The molecule has 2 rings (SSSR count). The minimum absolute atomic E-state index is 0.370. The van der Waals surface area contributed by atoms with Gasteiger partial charge in [-0.3, -0.25) is 4.98 Å². The highest BCUT2D eigenvalue weighted by Gasteiger charge is 2.10. The van der Waals surface area contributed by atoms with Gasteiger partial charge < -0.3 is 5.32 Å². The highest BCUT2D eigenvalue weighted by atomic mass is 32.2. The first kappa shape index (κ1) is 16.1. The first-order valence-electron chi connectivity index (χ1n) is 7.45. The van der Waals surface area contributed by atoms with Crippen LogP contribution in [0, 0.1) is 13.8 Å². The van der Waals surface area contributed by atoms with Crippen molar-refractivity contribution in [2.75, 3.05) is 18.6 Å². The third kappa shape index (κ3) is 3.86. The average molecular weight is 300 g/mol. The predicted molar refractivity (Wildman–Crippen MR) is 93.9 cm³/mol. The van der Waals surface area contributed by atoms with Crippen LogP contribution in [-0.4, -0.2) is 23.5 Å². The topological polar surface area (TPSA) is 24.9 Å². The molecule has 21 heavy (non-hydrogen) atoms. The van der Waals surface area contributed by atoms with Gasteiger partial charge in [0, 0.05) is 23.6 Å². The van der Waals surface area contributed by atoms with Crippen molar-refractivity contribution in [3.05, 3.63) is 53.2 Å². The van der Waals surface area contributed by atoms with E-state index in [2.05, 4.69) is 61.4 Å². The van der Waals surface area contributed by atoms with Gasteiger partial charge in [0.15, 0.2) is 0 Å². The highest BCUT2D eigenvalue weighted by molar-refractivity contribution is 7.99. The van der Waals surface area contributed by atoms with Gasteiger partial charge in [-0.15, -0.1) is 0 Å². The van der Waals surface area contributed by atoms with Gasteiger partial charge in [0.1, 0.15) is 0 Å². The van der Waals surface area contributed by atoms with Crippen molar-refractivity contribution in [1.82, 2.24) is 10.3 Å². The van der Waals surface area contributed by atoms with Crippen molar-refractivity contribution in [3.8, 4) is 11.3 Å². The van der Waals surface area contributed by atoms with E-state index in [1.165, 1.54) is 22.3 Å². The zero-order valence-electron chi connectivity index (χ0n) is 13.3. The predicted octanol–water partition coefficient (Wildman–Crippen LogP) is 4.38. The monoisotopic (exact) mass is 300 g/mol. The van der Waals surface area contributed by atoms with Crippen LogP contribution in [0.4, 0.5) is 0 Å². The van der Waals surface area contributed by atoms with E-state index in [1.807, 2.05) is 25.0 Å². The zero-order valence-corrected chi connectivity index (χ0v) is 14.1. The lowest BCUT2D eigenvalue weighted by Gasteiger charge is -2.16. The summed E-state index contributed by atoms with van der Waals surface area (Å²) in [4.78, 5) is 4.68. The lowest BCUT2D eigenvalue weighted by atomic mass is 10.00. The Bertz CT molecular complexity index is 578. The number of nitrogens with one attached hydrogen (secondary N) is 1. The summed E-state index contributed by atoms with van der Waals surface area (Å²) in [5, 5.41) is 3.37. The quantitative estimate of drug-likeness (QED) is 0.857. The molecule has 0 aliphatic carbocycles. The Morgan fingerprint density at radius 1 is 1.19 bits per heavy atom. The minimum Gasteiger partial charge on any atom is -0.312 e. The van der Waals surface area contributed by atoms with Crippen molar-refractivity contribution in [3.63, 3.8) is 0 Å². The van der Waals surface area contributed by atoms with Gasteiger partial charge in [0.2, 0.25) is 0 Å². The molecule has 1 aromatic carbocycles. The van der Waals surface area contributed by atoms with E-state index in [4.69, 9.17) is 0 Å². The number of pyridine rings is 1. The first-order chi connectivity index (χ1) is 10.2. The van der Waals surface area contributed by atoms with Crippen LogP contribution in [-0.2, 0) is 0 Å². The number of benzene rings is 1. The molecule has 1 atom stereocenters. The number of nitrogens with zero attached hydrogens (tertiary/aromatic N) is 1. The van der Waals surface area contributed by atoms with Crippen LogP contribution in [0.1, 0.15) is 29.7 Å². The second-order valence-electron chi connectivity index (χ2n) is 5.22. The Balaban J connectivity index is 2.24. The molecule has 0 aliphatic rings. The van der Waals surface area contributed by atoms with Crippen molar-refractivity contribution in [2.45, 2.75) is 26.8 Å². The summed E-state index contributed by atoms with van der Waals surface area (Å²) < 4.78 is 0. The van der Waals surface area contributed by atoms with Crippen LogP contribution < -0.4 is 5.32 Å². The van der Waals surface area contributed by atoms with E-state index in [9.17, 15) is 0 Å². The van der Waals surface area contributed by atoms with Gasteiger partial charge in [-0.25, -0.2) is 0 Å². The van der Waals surface area contributed by atoms with Gasteiger partial charge in [0.05, 0.1) is 5.69 Å². The van der Waals surface area contributed by atoms with E-state index in [0.717, 1.165) is 17.2 Å². The third-order valence-electron chi connectivity index (χ3n) is 3.91. The Kier molecular flexibility index (Phi) is 5.83. The second kappa shape index (κ2) is 7.62. The summed E-state index contributed by atoms with van der Waals surface area (Å²) in [6, 6.07) is 11.1. The van der Waals surface area contributed by atoms with E-state index >= 15 is 0 Å². The van der Waals surface area contributed by atoms with E-state index in [-0.39, 0.29) is 0 Å². The fourth-order valence-corrected chi connectivity index (χ4v) is 3.21. The molecule has 0 bridgehead atoms. The number of hydrogen-bond donors (Lipinski definition) is 1. The lowest BCUT2D eigenvalue weighted by molar-refractivity contribution is 0.659. The maximum Gasteiger partial charge on any atom is 0.0704 e. The molecule has 0 aliphatic heterocycles. The molecular weight excluding hydrogens is 276 g/mol. The molecule has 112 valence electrons. The second-order valence-corrected chi connectivity index (χ2v) is 6.54. The Morgan fingerprint density at radius 2 is 2.00 bits per heavy atom. The summed E-state index contributed by atoms with van der Waals surface area (Å²) in [5.74, 6) is 2.23. The van der Waals surface area contributed by atoms with Gasteiger partial charge in [-0.05, 0) is 49.4 Å². The summed E-state index contributed by atoms with van der Waals surface area (Å²) in [5.41, 5.74) is 6.16. The van der Waals surface area contributed by atoms with Crippen LogP contribution in [0.5, 0.6) is 0 Å². The molecule has 2 aromatic rings. The summed E-state index contributed by atoms with van der Waals surface area (Å²) in [7, 11) is 2.01. The Hall–Kier alpha value is -1.32. The van der Waals surface area contributed by atoms with Crippen molar-refractivity contribution >= 4 is 11.8 Å². The lowest BCUT2D eigenvalue weighted by Crippen LogP contribution is -2.19. The van der Waals surface area contributed by atoms with E-state index < -0.39 is 0 Å². The van der Waals surface area contributed by atoms with E-state index in [0.29, 0.717) is 6.04 Å². The standard InChI is InChI=1S/C18H24N2S/c1-5-21-12-18(19-4)15-9-10-17(20-11-15)16-8-6-7-13(2)14(16)3/h6-11,18-19H,5,12H2,1-4H3. The molecule has 0 saturated heterocycles. The van der Waals surface area contributed by atoms with Gasteiger partial charge >= 0.3 is 0 Å². The highest BCUT2D eigenvalue weighted by Crippen LogP contribution is 2.25. The SMILES string of the molecule is CCSCC(NC)c1ccc(-c2cccc(C)c2C)nc1. The van der Waals surface area contributed by atoms with Crippen LogP contribution in [0.3, 0.4) is 0 Å². The zero-order chi connectivity index (χ0) is 15.2. The summed E-state index contributed by atoms with van der Waals surface area (Å²) in [6.07, 6.45) is 2.01. The number of rotatable bonds is 6. The van der Waals surface area contributed by atoms with E-state index in [1.54, 1.807) is 0 Å². The number of hydrogen-bond acceptors (Lipinski definition) is 3. The molecule has 1 unspecified atom stereocenters. The molecule has 0 radical (unpaired) electrons. The van der Waals surface area contributed by atoms with Crippen LogP contribution in [0.15, 0.2) is 36.5 Å². The minimum atomic E-state index is 0.370. The molecule has 1 aromatic heterocycles. The summed E-state index contributed by atoms with van der Waals surface area (Å²) in [6.45, 7) is 6.50. The Morgan fingerprint density at radius 3 is 2.62 bits per heavy atom. The van der Waals surface area contributed by atoms with Crippen LogP contribution in [0.2, 0.25) is 0 Å². The average Bonchev–Trinajstić information content (AvgIpc) is 2.51. The van der Waals surface area contributed by atoms with Crippen molar-refractivity contribution < 1.29 is 0 Å². The summed E-state index contributed by atoms with van der Waals surface area (Å²) >= 11 is 1.95. The number of aryl methyl sites for hydroxylation is 1. The fraction of sp³-hybridized carbons (Fsp3) is 0.389. The first-order valence-corrected chi connectivity index (χ1v) is 8.60. The van der Waals surface area contributed by atoms with Crippen molar-refractivity contribution in [1.29, 1.82) is 0 Å². The molecule has 0 saturated carbocycles. The largest absolute Gasteiger partial charge is 0.312 e. The fourth-order valence-electron chi connectivity index (χ4n) is 2.38. The molecular formula is C18H24N2S. The maximum atomic E-state index is 4.68. The maximum absolute atomic E-state index is 4.68. The normalized spacial score (nSPS) is 12.4. The smallest absolute Gasteiger partial charge is 0.0704 e. The third-order valence-corrected chi connectivity index (χ3v) is 4.88. The molecule has 2 nitrogen and oxygen atoms in total. The van der Waals surface area contributed by atoms with Gasteiger partial charge in [0.25, 0.3) is 0 Å². The molecule has 3 heteroatoms.